The zero-order valence-corrected chi connectivity index (χ0v) is 18.2. The first-order chi connectivity index (χ1) is 15.3. The van der Waals surface area contributed by atoms with Crippen LogP contribution in [0.1, 0.15) is 24.4 Å². The fraction of sp³-hybridized carbons (Fsp3) is 0.304. The molecule has 32 heavy (non-hydrogen) atoms. The van der Waals surface area contributed by atoms with Gasteiger partial charge in [-0.05, 0) is 37.9 Å². The summed E-state index contributed by atoms with van der Waals surface area (Å²) in [5, 5.41) is 30.0. The Bertz CT molecular complexity index is 1190. The highest BCUT2D eigenvalue weighted by atomic mass is 32.1. The van der Waals surface area contributed by atoms with Gasteiger partial charge >= 0.3 is 11.9 Å². The maximum absolute atomic E-state index is 11.5. The van der Waals surface area contributed by atoms with Gasteiger partial charge in [-0.15, -0.1) is 11.3 Å². The average molecular weight is 454 g/mol. The number of hydrogen-bond acceptors (Lipinski definition) is 7. The summed E-state index contributed by atoms with van der Waals surface area (Å²) in [4.78, 5) is 35.7. The Morgan fingerprint density at radius 1 is 1.25 bits per heavy atom. The number of aromatic nitrogens is 2. The van der Waals surface area contributed by atoms with Gasteiger partial charge in [0.05, 0.1) is 11.3 Å². The van der Waals surface area contributed by atoms with Crippen LogP contribution in [0.25, 0.3) is 20.7 Å². The maximum atomic E-state index is 11.5. The van der Waals surface area contributed by atoms with Crippen LogP contribution in [0.3, 0.4) is 0 Å². The number of aliphatic carboxylic acids is 2. The van der Waals surface area contributed by atoms with Crippen LogP contribution in [0, 0.1) is 6.92 Å². The number of fused-ring (bicyclic) bond motifs is 1. The molecule has 1 fully saturated rings. The number of hydrogen-bond donors (Lipinski definition) is 3. The number of carboxylic acid groups (broad SMARTS) is 2. The first-order valence-electron chi connectivity index (χ1n) is 10.3. The summed E-state index contributed by atoms with van der Waals surface area (Å²) in [6, 6.07) is 11.6. The lowest BCUT2D eigenvalue weighted by atomic mass is 9.99. The first kappa shape index (κ1) is 22.1. The van der Waals surface area contributed by atoms with E-state index in [-0.39, 0.29) is 0 Å². The third kappa shape index (κ3) is 4.55. The van der Waals surface area contributed by atoms with Crippen molar-refractivity contribution in [1.82, 2.24) is 14.9 Å². The average Bonchev–Trinajstić information content (AvgIpc) is 3.39. The van der Waals surface area contributed by atoms with Gasteiger partial charge in [0.25, 0.3) is 0 Å². The summed E-state index contributed by atoms with van der Waals surface area (Å²) >= 11 is 1.59. The van der Waals surface area contributed by atoms with Gasteiger partial charge in [-0.3, -0.25) is 4.90 Å². The minimum absolute atomic E-state index is 0.409. The predicted octanol–water partition coefficient (Wildman–Crippen LogP) is 3.09. The van der Waals surface area contributed by atoms with Crippen LogP contribution < -0.4 is 0 Å². The monoisotopic (exact) mass is 453 g/mol. The highest BCUT2D eigenvalue weighted by Crippen LogP contribution is 2.35. The molecule has 0 radical (unpaired) electrons. The van der Waals surface area contributed by atoms with Crippen molar-refractivity contribution in [2.75, 3.05) is 6.54 Å². The van der Waals surface area contributed by atoms with E-state index in [9.17, 15) is 19.8 Å². The lowest BCUT2D eigenvalue weighted by Gasteiger charge is -2.28. The molecule has 0 aliphatic carbocycles. The maximum Gasteiger partial charge on any atom is 0.334 e. The lowest BCUT2D eigenvalue weighted by molar-refractivity contribution is -0.136. The Kier molecular flexibility index (Phi) is 6.31. The van der Waals surface area contributed by atoms with Crippen LogP contribution in [0.4, 0.5) is 0 Å². The molecule has 8 nitrogen and oxygen atoms in total. The largest absolute Gasteiger partial charge is 0.478 e. The van der Waals surface area contributed by atoms with Crippen molar-refractivity contribution < 1.29 is 24.9 Å². The summed E-state index contributed by atoms with van der Waals surface area (Å²) in [7, 11) is 0. The number of thiophene rings is 1. The van der Waals surface area contributed by atoms with E-state index in [2.05, 4.69) is 16.0 Å². The van der Waals surface area contributed by atoms with Crippen molar-refractivity contribution >= 4 is 33.5 Å². The molecule has 3 heterocycles. The molecule has 1 saturated heterocycles. The van der Waals surface area contributed by atoms with Crippen LogP contribution in [-0.2, 0) is 16.1 Å². The van der Waals surface area contributed by atoms with E-state index in [0.717, 1.165) is 32.8 Å². The molecule has 3 aromatic rings. The van der Waals surface area contributed by atoms with E-state index < -0.39 is 29.7 Å². The molecule has 0 bridgehead atoms. The van der Waals surface area contributed by atoms with Crippen molar-refractivity contribution in [3.63, 3.8) is 0 Å². The van der Waals surface area contributed by atoms with Crippen molar-refractivity contribution in [3.8, 4) is 10.4 Å². The Morgan fingerprint density at radius 2 is 2.00 bits per heavy atom. The van der Waals surface area contributed by atoms with Gasteiger partial charge in [0.1, 0.15) is 16.8 Å². The van der Waals surface area contributed by atoms with Crippen LogP contribution in [0.15, 0.2) is 48.0 Å². The molecular formula is C23H23N3O5S. The van der Waals surface area contributed by atoms with Gasteiger partial charge < -0.3 is 15.3 Å². The molecule has 9 heteroatoms. The lowest BCUT2D eigenvalue weighted by Crippen LogP contribution is -2.41. The second-order valence-electron chi connectivity index (χ2n) is 7.78. The summed E-state index contributed by atoms with van der Waals surface area (Å²) in [6.07, 6.45) is 0.499. The van der Waals surface area contributed by atoms with E-state index in [1.807, 2.05) is 42.2 Å². The number of benzene rings is 1. The zero-order valence-electron chi connectivity index (χ0n) is 17.4. The zero-order chi connectivity index (χ0) is 22.8. The normalized spacial score (nSPS) is 18.2. The number of nitrogens with zero attached hydrogens (tertiary/aromatic N) is 3. The smallest absolute Gasteiger partial charge is 0.334 e. The van der Waals surface area contributed by atoms with Gasteiger partial charge in [0.15, 0.2) is 0 Å². The number of rotatable bonds is 7. The fourth-order valence-corrected chi connectivity index (χ4v) is 5.28. The van der Waals surface area contributed by atoms with Gasteiger partial charge in [-0.2, -0.15) is 0 Å². The third-order valence-electron chi connectivity index (χ3n) is 5.62. The summed E-state index contributed by atoms with van der Waals surface area (Å²) in [6.45, 7) is 2.90. The van der Waals surface area contributed by atoms with Crippen molar-refractivity contribution in [1.29, 1.82) is 0 Å². The molecule has 3 N–H and O–H groups in total. The van der Waals surface area contributed by atoms with E-state index >= 15 is 0 Å². The van der Waals surface area contributed by atoms with Gasteiger partial charge in [0.2, 0.25) is 0 Å². The Labute approximate surface area is 188 Å². The molecule has 2 atom stereocenters. The van der Waals surface area contributed by atoms with Gasteiger partial charge in [0, 0.05) is 28.9 Å². The van der Waals surface area contributed by atoms with Crippen molar-refractivity contribution in [2.45, 2.75) is 38.5 Å². The van der Waals surface area contributed by atoms with Gasteiger partial charge in [-0.25, -0.2) is 19.6 Å². The molecule has 1 unspecified atom stereocenters. The molecule has 1 aliphatic rings. The van der Waals surface area contributed by atoms with Crippen LogP contribution >= 0.6 is 11.3 Å². The van der Waals surface area contributed by atoms with Crippen LogP contribution in [-0.4, -0.2) is 60.8 Å². The quantitative estimate of drug-likeness (QED) is 0.466. The summed E-state index contributed by atoms with van der Waals surface area (Å²) in [5.41, 5.74) is 1.39. The molecule has 0 spiro atoms. The number of carboxylic acids is 2. The molecule has 1 aliphatic heterocycles. The number of likely N-dealkylation sites (tertiary alicyclic amines) is 1. The second kappa shape index (κ2) is 9.15. The molecule has 1 aromatic carbocycles. The molecule has 4 rings (SSSR count). The molecule has 166 valence electrons. The van der Waals surface area contributed by atoms with E-state index in [4.69, 9.17) is 5.11 Å². The molecule has 0 amide bonds. The van der Waals surface area contributed by atoms with E-state index in [1.165, 1.54) is 0 Å². The van der Waals surface area contributed by atoms with Crippen molar-refractivity contribution in [2.24, 2.45) is 0 Å². The predicted molar refractivity (Wildman–Crippen MR) is 120 cm³/mol. The number of aliphatic hydroxyl groups excluding tert-OH is 1. The minimum Gasteiger partial charge on any atom is -0.478 e. The molecule has 0 saturated carbocycles. The van der Waals surface area contributed by atoms with Crippen LogP contribution in [0.5, 0.6) is 0 Å². The second-order valence-corrected chi connectivity index (χ2v) is 8.81. The molecule has 2 aromatic heterocycles. The topological polar surface area (TPSA) is 124 Å². The number of carbonyl (C=O) groups is 2. The third-order valence-corrected chi connectivity index (χ3v) is 6.70. The number of aryl methyl sites for hydroxylation is 1. The summed E-state index contributed by atoms with van der Waals surface area (Å²) in [5.74, 6) is -2.19. The Hall–Kier alpha value is -3.14. The van der Waals surface area contributed by atoms with E-state index in [0.29, 0.717) is 31.4 Å². The number of aliphatic hydroxyl groups is 1. The minimum atomic E-state index is -1.43. The molecular weight excluding hydrogens is 430 g/mol. The first-order valence-corrected chi connectivity index (χ1v) is 11.1. The van der Waals surface area contributed by atoms with Gasteiger partial charge in [-0.1, -0.05) is 30.3 Å². The Morgan fingerprint density at radius 3 is 2.69 bits per heavy atom. The standard InChI is InChI=1S/C23H23N3O5S/c1-13-24-17(15-10-19(32-22(15)25-13)14-6-3-2-4-7-14)12-26-9-5-8-18(26)21(29)16(23(30)31)11-20(27)28/h2-4,6-7,10-11,18,21,29H,5,8-9,12H2,1H3,(H,27,28)(H,30,31)/b16-11+/t18-,21?/m0/s1. The SMILES string of the molecule is Cc1nc(CN2CCC[C@H]2C(O)/C(=C\C(=O)O)C(=O)O)c2cc(-c3ccccc3)sc2n1. The van der Waals surface area contributed by atoms with E-state index in [1.54, 1.807) is 11.3 Å². The highest BCUT2D eigenvalue weighted by Gasteiger charge is 2.35. The summed E-state index contributed by atoms with van der Waals surface area (Å²) < 4.78 is 0. The fourth-order valence-electron chi connectivity index (χ4n) is 4.18. The highest BCUT2D eigenvalue weighted by molar-refractivity contribution is 7.21. The van der Waals surface area contributed by atoms with Crippen molar-refractivity contribution in [3.05, 3.63) is 59.6 Å². The Balaban J connectivity index is 1.65. The van der Waals surface area contributed by atoms with Crippen LogP contribution in [0.2, 0.25) is 0 Å².